The number of anilines is 1. The maximum absolute atomic E-state index is 7.78. The van der Waals surface area contributed by atoms with E-state index in [1.807, 2.05) is 0 Å². The second kappa shape index (κ2) is 19.0. The fourth-order valence-corrected chi connectivity index (χ4v) is 12.2. The van der Waals surface area contributed by atoms with E-state index in [2.05, 4.69) is 223 Å². The van der Waals surface area contributed by atoms with Gasteiger partial charge in [-0.05, 0) is 135 Å². The summed E-state index contributed by atoms with van der Waals surface area (Å²) in [6, 6.07) is 15.6. The molecule has 2 fully saturated rings. The van der Waals surface area contributed by atoms with Crippen LogP contribution >= 0.6 is 0 Å². The van der Waals surface area contributed by atoms with E-state index in [9.17, 15) is 0 Å². The van der Waals surface area contributed by atoms with Crippen LogP contribution in [0.4, 0.5) is 5.69 Å². The standard InChI is InChI=1S/C51H95BN2O6Si4/c1-37-32-40(52-59-50(14,15)51(16,17)60-52)30-31-41(37)53-33-38-26-28-39(29-27-38)34-54-35-43(56-62(20,21)47(5,6)7)45(58-64(24,25)49(11,12)13)44(57-63(22,23)48(8,9)10)42(54)36-55-61(18,19)46(2,3)4/h26-32,42-45,53H,33-36H2,1-25H3/t42-,43?,44?,45?/m1/s1. The minimum absolute atomic E-state index is 0.00899. The average Bonchev–Trinajstić information content (AvgIpc) is 3.33. The van der Waals surface area contributed by atoms with Gasteiger partial charge in [0.2, 0.25) is 0 Å². The van der Waals surface area contributed by atoms with Crippen LogP contribution < -0.4 is 10.8 Å². The molecule has 0 aliphatic carbocycles. The zero-order valence-electron chi connectivity index (χ0n) is 45.7. The summed E-state index contributed by atoms with van der Waals surface area (Å²) in [5.41, 5.74) is 5.08. The predicted molar refractivity (Wildman–Crippen MR) is 284 cm³/mol. The highest BCUT2D eigenvalue weighted by Gasteiger charge is 2.56. The van der Waals surface area contributed by atoms with Crippen LogP contribution in [0.1, 0.15) is 127 Å². The third kappa shape index (κ3) is 12.7. The van der Waals surface area contributed by atoms with Crippen molar-refractivity contribution in [3.05, 3.63) is 59.2 Å². The number of nitrogens with zero attached hydrogens (tertiary/aromatic N) is 1. The first kappa shape index (κ1) is 55.5. The summed E-state index contributed by atoms with van der Waals surface area (Å²) in [5.74, 6) is 0. The fourth-order valence-electron chi connectivity index (χ4n) is 7.19. The van der Waals surface area contributed by atoms with E-state index in [-0.39, 0.29) is 62.8 Å². The summed E-state index contributed by atoms with van der Waals surface area (Å²) >= 11 is 0. The number of aryl methyl sites for hydroxylation is 1. The summed E-state index contributed by atoms with van der Waals surface area (Å²) in [7, 11) is -9.37. The maximum Gasteiger partial charge on any atom is 0.494 e. The number of hydrogen-bond acceptors (Lipinski definition) is 8. The van der Waals surface area contributed by atoms with E-state index in [0.29, 0.717) is 6.61 Å². The van der Waals surface area contributed by atoms with Gasteiger partial charge in [-0.1, -0.05) is 119 Å². The Kier molecular flexibility index (Phi) is 16.5. The van der Waals surface area contributed by atoms with Gasteiger partial charge >= 0.3 is 7.12 Å². The Hall–Kier alpha value is -1.11. The van der Waals surface area contributed by atoms with Crippen LogP contribution in [0.15, 0.2) is 42.5 Å². The summed E-state index contributed by atoms with van der Waals surface area (Å²) < 4.78 is 43.0. The first-order valence-corrected chi connectivity index (χ1v) is 35.9. The normalized spacial score (nSPS) is 23.2. The number of likely N-dealkylation sites (tertiary alicyclic amines) is 1. The molecular formula is C51H95BN2O6Si4. The van der Waals surface area contributed by atoms with Crippen LogP contribution in [-0.2, 0) is 40.1 Å². The minimum Gasteiger partial charge on any atom is -0.415 e. The largest absolute Gasteiger partial charge is 0.494 e. The van der Waals surface area contributed by atoms with Crippen LogP contribution in [0.2, 0.25) is 72.5 Å². The summed E-state index contributed by atoms with van der Waals surface area (Å²) in [6.07, 6.45) is -0.612. The molecule has 2 aromatic carbocycles. The first-order valence-electron chi connectivity index (χ1n) is 24.3. The lowest BCUT2D eigenvalue weighted by Gasteiger charge is -2.56. The third-order valence-electron chi connectivity index (χ3n) is 16.8. The molecule has 8 nitrogen and oxygen atoms in total. The summed E-state index contributed by atoms with van der Waals surface area (Å²) in [6.45, 7) is 60.6. The molecule has 2 heterocycles. The van der Waals surface area contributed by atoms with Crippen molar-refractivity contribution in [1.29, 1.82) is 0 Å². The molecule has 0 aromatic heterocycles. The quantitative estimate of drug-likeness (QED) is 0.177. The van der Waals surface area contributed by atoms with Crippen molar-refractivity contribution in [2.45, 2.75) is 239 Å². The molecule has 2 aromatic rings. The van der Waals surface area contributed by atoms with Crippen molar-refractivity contribution in [2.75, 3.05) is 18.5 Å². The Morgan fingerprint density at radius 3 is 1.52 bits per heavy atom. The number of rotatable bonds is 15. The van der Waals surface area contributed by atoms with E-state index in [0.717, 1.165) is 30.8 Å². The molecular weight excluding hydrogens is 860 g/mol. The molecule has 64 heavy (non-hydrogen) atoms. The molecule has 4 atom stereocenters. The fraction of sp³-hybridized carbons (Fsp3) is 0.765. The Bertz CT molecular complexity index is 1860. The van der Waals surface area contributed by atoms with Gasteiger partial charge in [-0.15, -0.1) is 0 Å². The Morgan fingerprint density at radius 1 is 0.625 bits per heavy atom. The van der Waals surface area contributed by atoms with Crippen LogP contribution in [0.3, 0.4) is 0 Å². The molecule has 364 valence electrons. The Balaban J connectivity index is 1.72. The molecule has 4 rings (SSSR count). The lowest BCUT2D eigenvalue weighted by atomic mass is 9.78. The third-order valence-corrected chi connectivity index (χ3v) is 34.7. The van der Waals surface area contributed by atoms with Crippen molar-refractivity contribution >= 4 is 51.5 Å². The van der Waals surface area contributed by atoms with E-state index in [4.69, 9.17) is 27.0 Å². The van der Waals surface area contributed by atoms with E-state index in [1.54, 1.807) is 0 Å². The van der Waals surface area contributed by atoms with Crippen molar-refractivity contribution in [2.24, 2.45) is 0 Å². The van der Waals surface area contributed by atoms with E-state index < -0.39 is 33.3 Å². The second-order valence-electron chi connectivity index (χ2n) is 26.5. The van der Waals surface area contributed by atoms with Gasteiger partial charge in [-0.3, -0.25) is 4.90 Å². The van der Waals surface area contributed by atoms with Crippen molar-refractivity contribution in [3.63, 3.8) is 0 Å². The number of benzene rings is 2. The molecule has 2 aliphatic rings. The molecule has 2 saturated heterocycles. The predicted octanol–water partition coefficient (Wildman–Crippen LogP) is 13.3. The lowest BCUT2D eigenvalue weighted by Crippen LogP contribution is -2.70. The highest BCUT2D eigenvalue weighted by Crippen LogP contribution is 2.46. The number of hydrogen-bond donors (Lipinski definition) is 1. The van der Waals surface area contributed by atoms with Gasteiger partial charge in [0.15, 0.2) is 33.3 Å². The number of piperidine rings is 1. The van der Waals surface area contributed by atoms with Crippen LogP contribution in [0.5, 0.6) is 0 Å². The smallest absolute Gasteiger partial charge is 0.415 e. The monoisotopic (exact) mass is 955 g/mol. The minimum atomic E-state index is -2.33. The van der Waals surface area contributed by atoms with Crippen molar-refractivity contribution in [1.82, 2.24) is 4.90 Å². The van der Waals surface area contributed by atoms with Crippen molar-refractivity contribution in [3.8, 4) is 0 Å². The Labute approximate surface area is 398 Å². The molecule has 0 saturated carbocycles. The van der Waals surface area contributed by atoms with Crippen molar-refractivity contribution < 1.29 is 27.0 Å². The highest BCUT2D eigenvalue weighted by molar-refractivity contribution is 6.75. The molecule has 0 spiro atoms. The van der Waals surface area contributed by atoms with Gasteiger partial charge in [0, 0.05) is 25.3 Å². The molecule has 0 amide bonds. The topological polar surface area (TPSA) is 70.7 Å². The summed E-state index contributed by atoms with van der Waals surface area (Å²) in [5, 5.41) is 3.84. The first-order chi connectivity index (χ1) is 28.6. The molecule has 1 N–H and O–H groups in total. The van der Waals surface area contributed by atoms with Gasteiger partial charge in [0.05, 0.1) is 42.2 Å². The number of nitrogens with one attached hydrogen (secondary N) is 1. The van der Waals surface area contributed by atoms with E-state index in [1.165, 1.54) is 16.7 Å². The SMILES string of the molecule is Cc1cc(B2OC(C)(C)C(C)(C)O2)ccc1NCc1ccc(CN2CC(O[Si](C)(C)C(C)(C)C)C(O[Si](C)(C)C(C)(C)C)C(O[Si](C)(C)C(C)(C)C)[C@H]2CO[Si](C)(C)C(C)(C)C)cc1. The Morgan fingerprint density at radius 2 is 1.06 bits per heavy atom. The second-order valence-corrected chi connectivity index (χ2v) is 45.6. The van der Waals surface area contributed by atoms with E-state index >= 15 is 0 Å². The molecule has 13 heteroatoms. The van der Waals surface area contributed by atoms with Crippen LogP contribution in [0, 0.1) is 6.92 Å². The van der Waals surface area contributed by atoms with Gasteiger partial charge in [-0.2, -0.15) is 0 Å². The van der Waals surface area contributed by atoms with Gasteiger partial charge < -0.3 is 32.3 Å². The zero-order chi connectivity index (χ0) is 49.1. The maximum atomic E-state index is 7.78. The van der Waals surface area contributed by atoms with Crippen LogP contribution in [-0.4, -0.2) is 94.0 Å². The highest BCUT2D eigenvalue weighted by atomic mass is 28.4. The molecule has 3 unspecified atom stereocenters. The molecule has 2 aliphatic heterocycles. The van der Waals surface area contributed by atoms with Crippen LogP contribution in [0.25, 0.3) is 0 Å². The molecule has 0 bridgehead atoms. The van der Waals surface area contributed by atoms with Gasteiger partial charge in [-0.25, -0.2) is 0 Å². The average molecular weight is 955 g/mol. The summed E-state index contributed by atoms with van der Waals surface area (Å²) in [4.78, 5) is 2.65. The molecule has 0 radical (unpaired) electrons. The van der Waals surface area contributed by atoms with Gasteiger partial charge in [0.25, 0.3) is 0 Å². The lowest BCUT2D eigenvalue weighted by molar-refractivity contribution is -0.130. The zero-order valence-corrected chi connectivity index (χ0v) is 49.7. The van der Waals surface area contributed by atoms with Gasteiger partial charge in [0.1, 0.15) is 0 Å².